The molecule has 2 heterocycles. The zero-order valence-electron chi connectivity index (χ0n) is 13.0. The molecule has 0 N–H and O–H groups in total. The van der Waals surface area contributed by atoms with E-state index in [1.165, 1.54) is 16.5 Å². The van der Waals surface area contributed by atoms with Crippen LogP contribution in [0.1, 0.15) is 12.0 Å². The lowest BCUT2D eigenvalue weighted by atomic mass is 10.1. The summed E-state index contributed by atoms with van der Waals surface area (Å²) in [4.78, 5) is 32.0. The quantitative estimate of drug-likeness (QED) is 0.865. The van der Waals surface area contributed by atoms with Crippen molar-refractivity contribution in [3.8, 4) is 0 Å². The highest BCUT2D eigenvalue weighted by Gasteiger charge is 2.24. The maximum Gasteiger partial charge on any atom is 0.329 e. The lowest BCUT2D eigenvalue weighted by molar-refractivity contribution is -0.132. The second kappa shape index (κ2) is 7.09. The summed E-state index contributed by atoms with van der Waals surface area (Å²) in [5, 5.41) is 0. The SMILES string of the molecule is O=C(CCc1ccccc1)N1CCN(C(=O)n2ccnc2)CC1. The summed E-state index contributed by atoms with van der Waals surface area (Å²) in [7, 11) is 0. The van der Waals surface area contributed by atoms with Crippen LogP contribution in [0.2, 0.25) is 0 Å². The highest BCUT2D eigenvalue weighted by molar-refractivity contribution is 5.78. The molecule has 23 heavy (non-hydrogen) atoms. The number of aryl methyl sites for hydroxylation is 1. The molecule has 0 atom stereocenters. The summed E-state index contributed by atoms with van der Waals surface area (Å²) < 4.78 is 1.47. The van der Waals surface area contributed by atoms with Gasteiger partial charge in [0.15, 0.2) is 0 Å². The van der Waals surface area contributed by atoms with Crippen molar-refractivity contribution in [2.24, 2.45) is 0 Å². The fourth-order valence-electron chi connectivity index (χ4n) is 2.74. The Morgan fingerprint density at radius 2 is 1.70 bits per heavy atom. The predicted octanol–water partition coefficient (Wildman–Crippen LogP) is 1.63. The van der Waals surface area contributed by atoms with Crippen LogP contribution >= 0.6 is 0 Å². The van der Waals surface area contributed by atoms with Crippen molar-refractivity contribution in [2.75, 3.05) is 26.2 Å². The minimum atomic E-state index is -0.0844. The zero-order valence-corrected chi connectivity index (χ0v) is 13.0. The Kier molecular flexibility index (Phi) is 4.71. The van der Waals surface area contributed by atoms with E-state index in [1.807, 2.05) is 35.2 Å². The molecule has 1 saturated heterocycles. The molecule has 1 aliphatic heterocycles. The second-order valence-corrected chi connectivity index (χ2v) is 5.61. The molecule has 1 aromatic carbocycles. The number of piperazine rings is 1. The molecule has 0 aliphatic carbocycles. The standard InChI is InChI=1S/C17H20N4O2/c22-16(7-6-15-4-2-1-3-5-15)19-10-12-20(13-11-19)17(23)21-9-8-18-14-21/h1-5,8-9,14H,6-7,10-13H2. The summed E-state index contributed by atoms with van der Waals surface area (Å²) in [6.07, 6.45) is 5.99. The molecule has 0 bridgehead atoms. The fourth-order valence-corrected chi connectivity index (χ4v) is 2.74. The van der Waals surface area contributed by atoms with E-state index in [0.717, 1.165) is 6.42 Å². The molecule has 0 saturated carbocycles. The molecule has 1 aromatic heterocycles. The summed E-state index contributed by atoms with van der Waals surface area (Å²) >= 11 is 0. The third-order valence-electron chi connectivity index (χ3n) is 4.10. The van der Waals surface area contributed by atoms with Crippen LogP contribution in [0.5, 0.6) is 0 Å². The Labute approximate surface area is 135 Å². The highest BCUT2D eigenvalue weighted by atomic mass is 16.2. The number of hydrogen-bond acceptors (Lipinski definition) is 3. The maximum absolute atomic E-state index is 12.3. The van der Waals surface area contributed by atoms with Crippen LogP contribution in [-0.4, -0.2) is 57.5 Å². The van der Waals surface area contributed by atoms with Crippen molar-refractivity contribution in [3.05, 3.63) is 54.6 Å². The summed E-state index contributed by atoms with van der Waals surface area (Å²) in [5.74, 6) is 0.156. The topological polar surface area (TPSA) is 58.4 Å². The molecule has 0 radical (unpaired) electrons. The van der Waals surface area contributed by atoms with Crippen molar-refractivity contribution in [1.29, 1.82) is 0 Å². The minimum Gasteiger partial charge on any atom is -0.339 e. The Morgan fingerprint density at radius 1 is 1.00 bits per heavy atom. The van der Waals surface area contributed by atoms with Gasteiger partial charge in [-0.15, -0.1) is 0 Å². The van der Waals surface area contributed by atoms with E-state index >= 15 is 0 Å². The molecule has 1 aliphatic rings. The van der Waals surface area contributed by atoms with Crippen LogP contribution in [0, 0.1) is 0 Å². The number of amides is 2. The largest absolute Gasteiger partial charge is 0.339 e. The third kappa shape index (κ3) is 3.77. The van der Waals surface area contributed by atoms with Crippen molar-refractivity contribution < 1.29 is 9.59 Å². The lowest BCUT2D eigenvalue weighted by Gasteiger charge is -2.34. The van der Waals surface area contributed by atoms with Crippen molar-refractivity contribution in [1.82, 2.24) is 19.4 Å². The molecular formula is C17H20N4O2. The van der Waals surface area contributed by atoms with Crippen LogP contribution in [0.3, 0.4) is 0 Å². The molecule has 2 aromatic rings. The number of benzene rings is 1. The summed E-state index contributed by atoms with van der Waals surface area (Å²) in [6, 6.07) is 9.94. The number of rotatable bonds is 3. The summed E-state index contributed by atoms with van der Waals surface area (Å²) in [6.45, 7) is 2.31. The number of nitrogens with zero attached hydrogens (tertiary/aromatic N) is 4. The second-order valence-electron chi connectivity index (χ2n) is 5.61. The molecule has 1 fully saturated rings. The number of imidazole rings is 1. The van der Waals surface area contributed by atoms with E-state index in [2.05, 4.69) is 4.98 Å². The first-order valence-corrected chi connectivity index (χ1v) is 7.83. The van der Waals surface area contributed by atoms with Crippen LogP contribution in [-0.2, 0) is 11.2 Å². The normalized spacial score (nSPS) is 14.8. The van der Waals surface area contributed by atoms with Gasteiger partial charge in [0.25, 0.3) is 0 Å². The first-order chi connectivity index (χ1) is 11.2. The van der Waals surface area contributed by atoms with E-state index in [4.69, 9.17) is 0 Å². The van der Waals surface area contributed by atoms with Gasteiger partial charge in [0, 0.05) is 45.0 Å². The number of carbonyl (C=O) groups excluding carboxylic acids is 2. The number of hydrogen-bond donors (Lipinski definition) is 0. The van der Waals surface area contributed by atoms with E-state index in [9.17, 15) is 9.59 Å². The number of carbonyl (C=O) groups is 2. The van der Waals surface area contributed by atoms with Gasteiger partial charge in [-0.3, -0.25) is 9.36 Å². The van der Waals surface area contributed by atoms with Crippen LogP contribution in [0.25, 0.3) is 0 Å². The van der Waals surface area contributed by atoms with Crippen molar-refractivity contribution >= 4 is 11.9 Å². The van der Waals surface area contributed by atoms with Crippen LogP contribution in [0.15, 0.2) is 49.1 Å². The molecule has 6 heteroatoms. The van der Waals surface area contributed by atoms with Gasteiger partial charge in [-0.2, -0.15) is 0 Å². The zero-order chi connectivity index (χ0) is 16.1. The van der Waals surface area contributed by atoms with E-state index < -0.39 is 0 Å². The summed E-state index contributed by atoms with van der Waals surface area (Å²) in [5.41, 5.74) is 1.18. The molecule has 0 spiro atoms. The molecule has 3 rings (SSSR count). The van der Waals surface area contributed by atoms with Gasteiger partial charge in [-0.05, 0) is 12.0 Å². The Bertz CT molecular complexity index is 646. The van der Waals surface area contributed by atoms with Gasteiger partial charge < -0.3 is 9.80 Å². The first kappa shape index (κ1) is 15.3. The van der Waals surface area contributed by atoms with Gasteiger partial charge in [0.2, 0.25) is 5.91 Å². The van der Waals surface area contributed by atoms with Gasteiger partial charge in [-0.1, -0.05) is 30.3 Å². The Hall–Kier alpha value is -2.63. The van der Waals surface area contributed by atoms with Gasteiger partial charge in [0.1, 0.15) is 6.33 Å². The molecule has 6 nitrogen and oxygen atoms in total. The van der Waals surface area contributed by atoms with Crippen molar-refractivity contribution in [3.63, 3.8) is 0 Å². The lowest BCUT2D eigenvalue weighted by Crippen LogP contribution is -2.51. The van der Waals surface area contributed by atoms with E-state index in [0.29, 0.717) is 32.6 Å². The Balaban J connectivity index is 1.47. The minimum absolute atomic E-state index is 0.0844. The van der Waals surface area contributed by atoms with E-state index in [-0.39, 0.29) is 11.9 Å². The third-order valence-corrected chi connectivity index (χ3v) is 4.10. The number of aromatic nitrogens is 2. The average molecular weight is 312 g/mol. The fraction of sp³-hybridized carbons (Fsp3) is 0.353. The van der Waals surface area contributed by atoms with Crippen molar-refractivity contribution in [2.45, 2.75) is 12.8 Å². The molecular weight excluding hydrogens is 292 g/mol. The highest BCUT2D eigenvalue weighted by Crippen LogP contribution is 2.09. The van der Waals surface area contributed by atoms with Crippen LogP contribution < -0.4 is 0 Å². The maximum atomic E-state index is 12.3. The van der Waals surface area contributed by atoms with Gasteiger partial charge in [0.05, 0.1) is 0 Å². The smallest absolute Gasteiger partial charge is 0.329 e. The van der Waals surface area contributed by atoms with Crippen LogP contribution in [0.4, 0.5) is 4.79 Å². The molecule has 2 amide bonds. The van der Waals surface area contributed by atoms with E-state index in [1.54, 1.807) is 17.3 Å². The average Bonchev–Trinajstić information content (AvgIpc) is 3.15. The van der Waals surface area contributed by atoms with Gasteiger partial charge >= 0.3 is 6.03 Å². The van der Waals surface area contributed by atoms with Gasteiger partial charge in [-0.25, -0.2) is 9.78 Å². The molecule has 120 valence electrons. The first-order valence-electron chi connectivity index (χ1n) is 7.83. The molecule has 0 unspecified atom stereocenters. The Morgan fingerprint density at radius 3 is 2.35 bits per heavy atom. The monoisotopic (exact) mass is 312 g/mol. The predicted molar refractivity (Wildman–Crippen MR) is 85.9 cm³/mol.